The van der Waals surface area contributed by atoms with E-state index in [-0.39, 0.29) is 6.42 Å². The number of carboxylic acids is 1. The third-order valence-electron chi connectivity index (χ3n) is 4.09. The highest BCUT2D eigenvalue weighted by Gasteiger charge is 2.24. The molecule has 0 saturated carbocycles. The van der Waals surface area contributed by atoms with Gasteiger partial charge < -0.3 is 19.9 Å². The van der Waals surface area contributed by atoms with Crippen LogP contribution in [0.1, 0.15) is 26.3 Å². The summed E-state index contributed by atoms with van der Waals surface area (Å²) in [5, 5.41) is 13.6. The van der Waals surface area contributed by atoms with Crippen molar-refractivity contribution in [3.8, 4) is 11.6 Å². The summed E-state index contributed by atoms with van der Waals surface area (Å²) in [6.45, 7) is 5.13. The number of alkyl carbamates (subject to hydrolysis) is 1. The lowest BCUT2D eigenvalue weighted by Crippen LogP contribution is -2.44. The summed E-state index contributed by atoms with van der Waals surface area (Å²) < 4.78 is 11.0. The minimum Gasteiger partial charge on any atom is -0.480 e. The lowest BCUT2D eigenvalue weighted by atomic mass is 10.1. The Morgan fingerprint density at radius 3 is 2.50 bits per heavy atom. The number of hydrogen-bond donors (Lipinski definition) is 2. The van der Waals surface area contributed by atoms with Gasteiger partial charge in [-0.1, -0.05) is 12.1 Å². The van der Waals surface area contributed by atoms with E-state index in [1.54, 1.807) is 63.6 Å². The Labute approximate surface area is 173 Å². The molecule has 1 atom stereocenters. The number of ether oxygens (including phenoxy) is 2. The van der Waals surface area contributed by atoms with Crippen molar-refractivity contribution < 1.29 is 24.2 Å². The van der Waals surface area contributed by atoms with E-state index in [1.165, 1.54) is 0 Å². The highest BCUT2D eigenvalue weighted by atomic mass is 16.6. The Kier molecular flexibility index (Phi) is 6.15. The number of pyridine rings is 2. The fourth-order valence-corrected chi connectivity index (χ4v) is 2.76. The van der Waals surface area contributed by atoms with E-state index in [0.29, 0.717) is 11.6 Å². The number of nitrogens with one attached hydrogen (secondary N) is 1. The molecule has 8 heteroatoms. The number of fused-ring (bicyclic) bond motifs is 1. The van der Waals surface area contributed by atoms with Crippen molar-refractivity contribution in [2.75, 3.05) is 0 Å². The zero-order valence-electron chi connectivity index (χ0n) is 17.0. The Balaban J connectivity index is 1.68. The van der Waals surface area contributed by atoms with Crippen LogP contribution in [0.15, 0.2) is 55.0 Å². The van der Waals surface area contributed by atoms with Crippen LogP contribution in [0.4, 0.5) is 4.79 Å². The van der Waals surface area contributed by atoms with Crippen molar-refractivity contribution in [3.05, 3.63) is 60.6 Å². The number of hydrogen-bond acceptors (Lipinski definition) is 6. The van der Waals surface area contributed by atoms with Crippen LogP contribution in [0, 0.1) is 0 Å². The summed E-state index contributed by atoms with van der Waals surface area (Å²) in [5.41, 5.74) is 0.0126. The Bertz CT molecular complexity index is 1040. The molecule has 0 aliphatic carbocycles. The maximum Gasteiger partial charge on any atom is 0.408 e. The fourth-order valence-electron chi connectivity index (χ4n) is 2.76. The Morgan fingerprint density at radius 1 is 1.10 bits per heavy atom. The lowest BCUT2D eigenvalue weighted by Gasteiger charge is -2.22. The summed E-state index contributed by atoms with van der Waals surface area (Å²) >= 11 is 0. The van der Waals surface area contributed by atoms with Crippen molar-refractivity contribution in [1.82, 2.24) is 15.3 Å². The molecule has 1 amide bonds. The molecule has 0 fully saturated rings. The number of amides is 1. The average molecular weight is 409 g/mol. The number of aliphatic carboxylic acids is 1. The van der Waals surface area contributed by atoms with Gasteiger partial charge in [0.1, 0.15) is 17.4 Å². The molecular weight excluding hydrogens is 386 g/mol. The smallest absolute Gasteiger partial charge is 0.408 e. The van der Waals surface area contributed by atoms with Crippen LogP contribution in [0.25, 0.3) is 10.8 Å². The van der Waals surface area contributed by atoms with E-state index in [1.807, 2.05) is 12.1 Å². The maximum absolute atomic E-state index is 11.9. The maximum atomic E-state index is 11.9. The minimum absolute atomic E-state index is 0.104. The largest absolute Gasteiger partial charge is 0.480 e. The van der Waals surface area contributed by atoms with Crippen molar-refractivity contribution in [2.45, 2.75) is 38.8 Å². The van der Waals surface area contributed by atoms with Gasteiger partial charge in [-0.2, -0.15) is 0 Å². The monoisotopic (exact) mass is 409 g/mol. The molecule has 3 rings (SSSR count). The third-order valence-corrected chi connectivity index (χ3v) is 4.09. The van der Waals surface area contributed by atoms with Gasteiger partial charge in [0.15, 0.2) is 0 Å². The summed E-state index contributed by atoms with van der Waals surface area (Å²) in [6.07, 6.45) is 4.38. The number of carbonyl (C=O) groups is 2. The molecule has 0 spiro atoms. The van der Waals surface area contributed by atoms with Gasteiger partial charge in [0.2, 0.25) is 5.88 Å². The van der Waals surface area contributed by atoms with Crippen molar-refractivity contribution >= 4 is 22.8 Å². The molecule has 0 radical (unpaired) electrons. The number of nitrogens with zero attached hydrogens (tertiary/aromatic N) is 2. The first kappa shape index (κ1) is 21.0. The molecule has 0 unspecified atom stereocenters. The molecule has 30 heavy (non-hydrogen) atoms. The van der Waals surface area contributed by atoms with Crippen LogP contribution in [0.5, 0.6) is 11.6 Å². The molecule has 0 aliphatic rings. The fraction of sp³-hybridized carbons (Fsp3) is 0.273. The van der Waals surface area contributed by atoms with Gasteiger partial charge in [-0.05, 0) is 50.6 Å². The molecule has 8 nitrogen and oxygen atoms in total. The number of rotatable bonds is 6. The SMILES string of the molecule is CC(C)(C)OC(=O)N[C@@H](Cc1ccc(Oc2nccc3cnccc23)cc1)C(=O)O. The van der Waals surface area contributed by atoms with Crippen LogP contribution in [-0.4, -0.2) is 38.8 Å². The van der Waals surface area contributed by atoms with Crippen LogP contribution in [0.2, 0.25) is 0 Å². The highest BCUT2D eigenvalue weighted by Crippen LogP contribution is 2.27. The molecule has 2 aromatic heterocycles. The Morgan fingerprint density at radius 2 is 1.83 bits per heavy atom. The van der Waals surface area contributed by atoms with Crippen molar-refractivity contribution in [1.29, 1.82) is 0 Å². The van der Waals surface area contributed by atoms with Gasteiger partial charge in [0, 0.05) is 35.8 Å². The van der Waals surface area contributed by atoms with E-state index < -0.39 is 23.7 Å². The highest BCUT2D eigenvalue weighted by molar-refractivity contribution is 5.86. The Hall–Kier alpha value is -3.68. The van der Waals surface area contributed by atoms with Gasteiger partial charge in [0.25, 0.3) is 0 Å². The molecule has 3 aromatic rings. The molecular formula is C22H23N3O5. The van der Waals surface area contributed by atoms with E-state index >= 15 is 0 Å². The molecule has 156 valence electrons. The van der Waals surface area contributed by atoms with Gasteiger partial charge in [0.05, 0.1) is 0 Å². The molecule has 0 bridgehead atoms. The molecule has 1 aromatic carbocycles. The lowest BCUT2D eigenvalue weighted by molar-refractivity contribution is -0.139. The van der Waals surface area contributed by atoms with E-state index in [9.17, 15) is 14.7 Å². The topological polar surface area (TPSA) is 111 Å². The van der Waals surface area contributed by atoms with Crippen molar-refractivity contribution in [3.63, 3.8) is 0 Å². The predicted octanol–water partition coefficient (Wildman–Crippen LogP) is 3.94. The van der Waals surface area contributed by atoms with Crippen LogP contribution in [0.3, 0.4) is 0 Å². The van der Waals surface area contributed by atoms with Gasteiger partial charge in [-0.3, -0.25) is 4.98 Å². The second-order valence-corrected chi connectivity index (χ2v) is 7.70. The van der Waals surface area contributed by atoms with Crippen LogP contribution >= 0.6 is 0 Å². The van der Waals surface area contributed by atoms with Gasteiger partial charge in [-0.15, -0.1) is 0 Å². The van der Waals surface area contributed by atoms with E-state index in [2.05, 4.69) is 15.3 Å². The summed E-state index contributed by atoms with van der Waals surface area (Å²) in [4.78, 5) is 31.8. The second-order valence-electron chi connectivity index (χ2n) is 7.70. The molecule has 0 aliphatic heterocycles. The first-order valence-corrected chi connectivity index (χ1v) is 9.39. The molecule has 2 heterocycles. The number of carboxylic acid groups (broad SMARTS) is 1. The van der Waals surface area contributed by atoms with E-state index in [4.69, 9.17) is 9.47 Å². The molecule has 2 N–H and O–H groups in total. The third kappa shape index (κ3) is 5.66. The zero-order valence-corrected chi connectivity index (χ0v) is 17.0. The van der Waals surface area contributed by atoms with Crippen LogP contribution in [-0.2, 0) is 16.0 Å². The summed E-state index contributed by atoms with van der Waals surface area (Å²) in [7, 11) is 0. The van der Waals surface area contributed by atoms with Gasteiger partial charge >= 0.3 is 12.1 Å². The summed E-state index contributed by atoms with van der Waals surface area (Å²) in [6, 6.07) is 9.50. The van der Waals surface area contributed by atoms with E-state index in [0.717, 1.165) is 16.3 Å². The van der Waals surface area contributed by atoms with Crippen LogP contribution < -0.4 is 10.1 Å². The first-order valence-electron chi connectivity index (χ1n) is 9.39. The predicted molar refractivity (Wildman–Crippen MR) is 111 cm³/mol. The minimum atomic E-state index is -1.14. The normalized spacial score (nSPS) is 12.2. The summed E-state index contributed by atoms with van der Waals surface area (Å²) in [5.74, 6) is -0.130. The number of carbonyl (C=O) groups excluding carboxylic acids is 1. The average Bonchev–Trinajstić information content (AvgIpc) is 2.67. The van der Waals surface area contributed by atoms with Gasteiger partial charge in [-0.25, -0.2) is 14.6 Å². The number of benzene rings is 1. The number of aromatic nitrogens is 2. The quantitative estimate of drug-likeness (QED) is 0.634. The standard InChI is InChI=1S/C22H23N3O5/c1-22(2,3)30-21(28)25-18(20(26)27)12-14-4-6-16(7-5-14)29-19-17-9-10-23-13-15(17)8-11-24-19/h4-11,13,18H,12H2,1-3H3,(H,25,28)(H,26,27)/t18-/m0/s1. The second kappa shape index (κ2) is 8.77. The molecule has 0 saturated heterocycles. The van der Waals surface area contributed by atoms with Crippen molar-refractivity contribution in [2.24, 2.45) is 0 Å². The zero-order chi connectivity index (χ0) is 21.7. The first-order chi connectivity index (χ1) is 14.2.